The largest absolute Gasteiger partial charge is 0.481 e. The molecule has 0 spiro atoms. The number of anilines is 1. The van der Waals surface area contributed by atoms with E-state index in [1.54, 1.807) is 36.7 Å². The molecule has 1 fully saturated rings. The van der Waals surface area contributed by atoms with Gasteiger partial charge in [-0.05, 0) is 54.9 Å². The fourth-order valence-corrected chi connectivity index (χ4v) is 6.24. The summed E-state index contributed by atoms with van der Waals surface area (Å²) in [6.07, 6.45) is 0.208. The Labute approximate surface area is 229 Å². The number of hydrogen-bond donors (Lipinski definition) is 3. The summed E-state index contributed by atoms with van der Waals surface area (Å²) in [5.74, 6) is -0.160. The van der Waals surface area contributed by atoms with Crippen LogP contribution < -0.4 is 5.73 Å². The first-order valence-electron chi connectivity index (χ1n) is 13.1. The summed E-state index contributed by atoms with van der Waals surface area (Å²) in [6.45, 7) is 5.38. The number of fused-ring (bicyclic) bond motifs is 1. The summed E-state index contributed by atoms with van der Waals surface area (Å²) in [5, 5.41) is 20.9. The van der Waals surface area contributed by atoms with Crippen molar-refractivity contribution >= 4 is 17.3 Å². The molecule has 0 saturated heterocycles. The summed E-state index contributed by atoms with van der Waals surface area (Å²) in [5.41, 5.74) is 6.25. The summed E-state index contributed by atoms with van der Waals surface area (Å²) < 4.78 is 41.7. The number of benzene rings is 2. The van der Waals surface area contributed by atoms with Crippen molar-refractivity contribution in [2.45, 2.75) is 51.3 Å². The molecule has 2 aromatic carbocycles. The zero-order valence-corrected chi connectivity index (χ0v) is 22.4. The van der Waals surface area contributed by atoms with E-state index >= 15 is 0 Å². The number of aromatic nitrogens is 3. The van der Waals surface area contributed by atoms with E-state index in [4.69, 9.17) is 10.7 Å². The number of carboxylic acid groups (broad SMARTS) is 1. The van der Waals surface area contributed by atoms with Gasteiger partial charge in [0.05, 0.1) is 11.5 Å². The van der Waals surface area contributed by atoms with Crippen LogP contribution in [0.15, 0.2) is 60.9 Å². The maximum atomic E-state index is 13.3. The summed E-state index contributed by atoms with van der Waals surface area (Å²) in [6, 6.07) is 11.5. The predicted molar refractivity (Wildman–Crippen MR) is 144 cm³/mol. The topological polar surface area (TPSA) is 114 Å². The minimum Gasteiger partial charge on any atom is -0.481 e. The van der Waals surface area contributed by atoms with Gasteiger partial charge in [0.1, 0.15) is 28.5 Å². The molecule has 7 nitrogen and oxygen atoms in total. The van der Waals surface area contributed by atoms with E-state index in [0.717, 1.165) is 18.0 Å². The maximum absolute atomic E-state index is 13.3. The van der Waals surface area contributed by atoms with E-state index in [-0.39, 0.29) is 29.1 Å². The van der Waals surface area contributed by atoms with E-state index in [1.165, 1.54) is 19.1 Å². The minimum atomic E-state index is -4.52. The molecule has 5 rings (SSSR count). The lowest BCUT2D eigenvalue weighted by atomic mass is 9.69. The van der Waals surface area contributed by atoms with Crippen LogP contribution in [0.1, 0.15) is 62.0 Å². The van der Waals surface area contributed by atoms with E-state index in [9.17, 15) is 28.2 Å². The van der Waals surface area contributed by atoms with E-state index < -0.39 is 29.2 Å². The molecular weight excluding hydrogens is 521 g/mol. The van der Waals surface area contributed by atoms with Gasteiger partial charge in [0.25, 0.3) is 0 Å². The Morgan fingerprint density at radius 2 is 1.65 bits per heavy atom. The number of carbonyl (C=O) groups is 1. The molecule has 1 aliphatic carbocycles. The average Bonchev–Trinajstić information content (AvgIpc) is 3.29. The van der Waals surface area contributed by atoms with Crippen LogP contribution in [0.3, 0.4) is 0 Å². The summed E-state index contributed by atoms with van der Waals surface area (Å²) in [7, 11) is 0. The lowest BCUT2D eigenvalue weighted by Gasteiger charge is -2.36. The van der Waals surface area contributed by atoms with Crippen LogP contribution in [0.2, 0.25) is 0 Å². The van der Waals surface area contributed by atoms with E-state index in [0.29, 0.717) is 35.2 Å². The van der Waals surface area contributed by atoms with Gasteiger partial charge in [-0.25, -0.2) is 9.97 Å². The molecule has 0 radical (unpaired) electrons. The highest BCUT2D eigenvalue weighted by Crippen LogP contribution is 2.44. The van der Waals surface area contributed by atoms with E-state index in [2.05, 4.69) is 4.98 Å². The van der Waals surface area contributed by atoms with Crippen molar-refractivity contribution in [3.8, 4) is 11.3 Å². The zero-order chi connectivity index (χ0) is 29.0. The number of halogens is 3. The lowest BCUT2D eigenvalue weighted by molar-refractivity contribution is -0.147. The zero-order valence-electron chi connectivity index (χ0n) is 22.4. The molecule has 2 heterocycles. The van der Waals surface area contributed by atoms with Crippen molar-refractivity contribution in [1.82, 2.24) is 14.4 Å². The molecule has 0 unspecified atom stereocenters. The standard InChI is InChI=1S/C30H31F3N4O3/c1-16-13-19(14-17(2)23(16)28(38)39)27-36-24(25-26(34)35-11-12-37(25)27)18-7-9-20(10-8-18)29(3,40)21-5-4-6-22(15-21)30(31,32)33/h4-12,15-17,19,23,40H,13-14H2,1-3H3,(H2,34,35)(H,38,39)/t16-,17+,19-,23+,29-/m1/s1. The van der Waals surface area contributed by atoms with Crippen LogP contribution in [-0.4, -0.2) is 30.6 Å². The van der Waals surface area contributed by atoms with Gasteiger partial charge in [-0.1, -0.05) is 50.2 Å². The number of nitrogen functional groups attached to an aromatic ring is 1. The Hall–Kier alpha value is -3.92. The fraction of sp³-hybridized carbons (Fsp3) is 0.367. The van der Waals surface area contributed by atoms with Gasteiger partial charge >= 0.3 is 12.1 Å². The molecule has 40 heavy (non-hydrogen) atoms. The molecular formula is C30H31F3N4O3. The Morgan fingerprint density at radius 1 is 1.02 bits per heavy atom. The maximum Gasteiger partial charge on any atom is 0.416 e. The van der Waals surface area contributed by atoms with Crippen molar-refractivity contribution < 1.29 is 28.2 Å². The third-order valence-electron chi connectivity index (χ3n) is 8.27. The lowest BCUT2D eigenvalue weighted by Crippen LogP contribution is -2.35. The molecule has 2 aromatic heterocycles. The van der Waals surface area contributed by atoms with Gasteiger partial charge in [0.2, 0.25) is 0 Å². The normalized spacial score (nSPS) is 23.2. The van der Waals surface area contributed by atoms with Crippen LogP contribution in [0.5, 0.6) is 0 Å². The molecule has 4 N–H and O–H groups in total. The van der Waals surface area contributed by atoms with Crippen molar-refractivity contribution in [2.24, 2.45) is 17.8 Å². The number of carboxylic acids is 1. The number of alkyl halides is 3. The predicted octanol–water partition coefficient (Wildman–Crippen LogP) is 6.10. The number of hydrogen-bond acceptors (Lipinski definition) is 5. The van der Waals surface area contributed by atoms with Crippen LogP contribution in [-0.2, 0) is 16.6 Å². The van der Waals surface area contributed by atoms with Crippen LogP contribution in [0.4, 0.5) is 19.0 Å². The van der Waals surface area contributed by atoms with Crippen molar-refractivity contribution in [2.75, 3.05) is 5.73 Å². The quantitative estimate of drug-likeness (QED) is 0.276. The number of aliphatic hydroxyl groups is 1. The van der Waals surface area contributed by atoms with Gasteiger partial charge < -0.3 is 15.9 Å². The number of rotatable bonds is 5. The number of nitrogens with zero attached hydrogens (tertiary/aromatic N) is 3. The Morgan fingerprint density at radius 3 is 2.25 bits per heavy atom. The van der Waals surface area contributed by atoms with Crippen LogP contribution >= 0.6 is 0 Å². The van der Waals surface area contributed by atoms with Gasteiger partial charge in [-0.15, -0.1) is 0 Å². The monoisotopic (exact) mass is 552 g/mol. The Kier molecular flexibility index (Phi) is 6.86. The molecule has 210 valence electrons. The molecule has 0 bridgehead atoms. The van der Waals surface area contributed by atoms with Gasteiger partial charge in [-0.3, -0.25) is 9.20 Å². The average molecular weight is 553 g/mol. The van der Waals surface area contributed by atoms with Crippen molar-refractivity contribution in [3.05, 3.63) is 83.4 Å². The second-order valence-corrected chi connectivity index (χ2v) is 11.1. The van der Waals surface area contributed by atoms with Crippen LogP contribution in [0.25, 0.3) is 16.8 Å². The first-order chi connectivity index (χ1) is 18.8. The highest BCUT2D eigenvalue weighted by atomic mass is 19.4. The summed E-state index contributed by atoms with van der Waals surface area (Å²) in [4.78, 5) is 21.0. The second kappa shape index (κ2) is 9.92. The first-order valence-corrected chi connectivity index (χ1v) is 13.1. The third-order valence-corrected chi connectivity index (χ3v) is 8.27. The van der Waals surface area contributed by atoms with Crippen LogP contribution in [0, 0.1) is 17.8 Å². The summed E-state index contributed by atoms with van der Waals surface area (Å²) >= 11 is 0. The number of nitrogens with two attached hydrogens (primary N) is 1. The highest BCUT2D eigenvalue weighted by molar-refractivity contribution is 5.85. The smallest absolute Gasteiger partial charge is 0.416 e. The fourth-order valence-electron chi connectivity index (χ4n) is 6.24. The highest BCUT2D eigenvalue weighted by Gasteiger charge is 2.40. The molecule has 1 saturated carbocycles. The van der Waals surface area contributed by atoms with E-state index in [1.807, 2.05) is 18.2 Å². The Balaban J connectivity index is 1.52. The van der Waals surface area contributed by atoms with Gasteiger partial charge in [0, 0.05) is 23.9 Å². The Bertz CT molecular complexity index is 1550. The van der Waals surface area contributed by atoms with Gasteiger partial charge in [0.15, 0.2) is 0 Å². The third kappa shape index (κ3) is 4.81. The molecule has 1 aliphatic rings. The SMILES string of the molecule is C[C@@H]1C[C@@H](c2nc(-c3ccc([C@@](C)(O)c4cccc(C(F)(F)F)c4)cc3)c3c(N)nccn23)C[C@H](C)[C@H]1C(=O)O. The number of imidazole rings is 1. The number of aliphatic carboxylic acids is 1. The van der Waals surface area contributed by atoms with Gasteiger partial charge in [-0.2, -0.15) is 13.2 Å². The molecule has 0 aliphatic heterocycles. The molecule has 4 aromatic rings. The van der Waals surface area contributed by atoms with Crippen molar-refractivity contribution in [1.29, 1.82) is 0 Å². The second-order valence-electron chi connectivity index (χ2n) is 11.1. The molecule has 5 atom stereocenters. The first kappa shape index (κ1) is 27.6. The minimum absolute atomic E-state index is 0.0181. The molecule has 0 amide bonds. The molecule has 10 heteroatoms. The van der Waals surface area contributed by atoms with Crippen molar-refractivity contribution in [3.63, 3.8) is 0 Å².